The van der Waals surface area contributed by atoms with Crippen LogP contribution in [0.2, 0.25) is 0 Å². The topological polar surface area (TPSA) is 15.3 Å². The summed E-state index contributed by atoms with van der Waals surface area (Å²) in [5, 5.41) is 3.99. The quantitative estimate of drug-likeness (QED) is 0.807. The standard InChI is InChI=1S/C15H28N2/c1-3-15(11-7-8-11)16-12-9-13-5-4-6-14(10-12)17(13)2/h11-16H,3-10H2,1-2H3. The van der Waals surface area contributed by atoms with Crippen LogP contribution in [-0.2, 0) is 0 Å². The molecule has 3 fully saturated rings. The van der Waals surface area contributed by atoms with E-state index in [0.717, 1.165) is 30.1 Å². The molecule has 2 saturated heterocycles. The average molecular weight is 236 g/mol. The van der Waals surface area contributed by atoms with E-state index in [0.29, 0.717) is 0 Å². The molecule has 3 rings (SSSR count). The number of hydrogen-bond donors (Lipinski definition) is 1. The molecule has 2 bridgehead atoms. The van der Waals surface area contributed by atoms with Crippen molar-refractivity contribution in [2.45, 2.75) is 82.5 Å². The third kappa shape index (κ3) is 2.53. The number of nitrogens with one attached hydrogen (secondary N) is 1. The first-order valence-electron chi connectivity index (χ1n) is 7.76. The van der Waals surface area contributed by atoms with Crippen molar-refractivity contribution in [3.05, 3.63) is 0 Å². The van der Waals surface area contributed by atoms with Crippen molar-refractivity contribution < 1.29 is 0 Å². The number of piperidine rings is 2. The molecule has 1 aliphatic carbocycles. The second-order valence-electron chi connectivity index (χ2n) is 6.59. The Balaban J connectivity index is 1.57. The molecule has 3 unspecified atom stereocenters. The van der Waals surface area contributed by atoms with Gasteiger partial charge in [-0.2, -0.15) is 0 Å². The summed E-state index contributed by atoms with van der Waals surface area (Å²) in [7, 11) is 2.35. The van der Waals surface area contributed by atoms with Crippen molar-refractivity contribution >= 4 is 0 Å². The van der Waals surface area contributed by atoms with Gasteiger partial charge in [-0.1, -0.05) is 13.3 Å². The number of fused-ring (bicyclic) bond motifs is 2. The monoisotopic (exact) mass is 236 g/mol. The van der Waals surface area contributed by atoms with Gasteiger partial charge in [0.05, 0.1) is 0 Å². The summed E-state index contributed by atoms with van der Waals surface area (Å²) in [5.74, 6) is 1.01. The first-order chi connectivity index (χ1) is 8.28. The summed E-state index contributed by atoms with van der Waals surface area (Å²) in [4.78, 5) is 2.67. The normalized spacial score (nSPS) is 40.2. The van der Waals surface area contributed by atoms with Gasteiger partial charge < -0.3 is 10.2 Å². The molecule has 0 aromatic heterocycles. The van der Waals surface area contributed by atoms with Crippen LogP contribution in [0.25, 0.3) is 0 Å². The Bertz CT molecular complexity index is 248. The summed E-state index contributed by atoms with van der Waals surface area (Å²) >= 11 is 0. The summed E-state index contributed by atoms with van der Waals surface area (Å²) in [5.41, 5.74) is 0. The Morgan fingerprint density at radius 1 is 1.12 bits per heavy atom. The van der Waals surface area contributed by atoms with Gasteiger partial charge in [0, 0.05) is 24.2 Å². The van der Waals surface area contributed by atoms with E-state index in [2.05, 4.69) is 24.2 Å². The molecule has 2 heteroatoms. The molecule has 1 N–H and O–H groups in total. The molecule has 3 atom stereocenters. The van der Waals surface area contributed by atoms with Crippen LogP contribution >= 0.6 is 0 Å². The maximum atomic E-state index is 3.99. The fourth-order valence-corrected chi connectivity index (χ4v) is 4.14. The van der Waals surface area contributed by atoms with E-state index in [4.69, 9.17) is 0 Å². The maximum absolute atomic E-state index is 3.99. The highest BCUT2D eigenvalue weighted by Crippen LogP contribution is 2.37. The second kappa shape index (κ2) is 4.89. The fourth-order valence-electron chi connectivity index (χ4n) is 4.14. The molecule has 2 aliphatic heterocycles. The second-order valence-corrected chi connectivity index (χ2v) is 6.59. The summed E-state index contributed by atoms with van der Waals surface area (Å²) in [6, 6.07) is 3.38. The van der Waals surface area contributed by atoms with E-state index in [1.807, 2.05) is 0 Å². The zero-order valence-corrected chi connectivity index (χ0v) is 11.5. The lowest BCUT2D eigenvalue weighted by Gasteiger charge is -2.48. The lowest BCUT2D eigenvalue weighted by molar-refractivity contribution is 0.0449. The Morgan fingerprint density at radius 3 is 2.29 bits per heavy atom. The third-order valence-electron chi connectivity index (χ3n) is 5.42. The molecule has 0 amide bonds. The maximum Gasteiger partial charge on any atom is 0.0110 e. The van der Waals surface area contributed by atoms with Crippen LogP contribution in [0.4, 0.5) is 0 Å². The molecule has 0 radical (unpaired) electrons. The van der Waals surface area contributed by atoms with Crippen molar-refractivity contribution in [1.29, 1.82) is 0 Å². The van der Waals surface area contributed by atoms with E-state index in [-0.39, 0.29) is 0 Å². The van der Waals surface area contributed by atoms with Crippen molar-refractivity contribution in [3.63, 3.8) is 0 Å². The highest BCUT2D eigenvalue weighted by Gasteiger charge is 2.38. The van der Waals surface area contributed by atoms with Gasteiger partial charge in [0.2, 0.25) is 0 Å². The highest BCUT2D eigenvalue weighted by molar-refractivity contribution is 4.96. The molecular formula is C15H28N2. The van der Waals surface area contributed by atoms with Crippen molar-refractivity contribution in [2.75, 3.05) is 7.05 Å². The Morgan fingerprint density at radius 2 is 1.76 bits per heavy atom. The van der Waals surface area contributed by atoms with Gasteiger partial charge in [-0.25, -0.2) is 0 Å². The van der Waals surface area contributed by atoms with Crippen molar-refractivity contribution in [3.8, 4) is 0 Å². The average Bonchev–Trinajstić information content (AvgIpc) is 3.10. The van der Waals surface area contributed by atoms with Crippen LogP contribution in [0.5, 0.6) is 0 Å². The van der Waals surface area contributed by atoms with Crippen LogP contribution in [-0.4, -0.2) is 36.1 Å². The predicted octanol–water partition coefficient (Wildman–Crippen LogP) is 2.78. The molecular weight excluding hydrogens is 208 g/mol. The number of nitrogens with zero attached hydrogens (tertiary/aromatic N) is 1. The predicted molar refractivity (Wildman–Crippen MR) is 72.2 cm³/mol. The van der Waals surface area contributed by atoms with E-state index in [9.17, 15) is 0 Å². The Hall–Kier alpha value is -0.0800. The SMILES string of the molecule is CCC(NC1CC2CCCC(C1)N2C)C1CC1. The van der Waals surface area contributed by atoms with E-state index in [1.165, 1.54) is 51.4 Å². The van der Waals surface area contributed by atoms with Gasteiger partial charge in [0.25, 0.3) is 0 Å². The molecule has 2 heterocycles. The Kier molecular flexibility index (Phi) is 3.45. The summed E-state index contributed by atoms with van der Waals surface area (Å²) in [6.07, 6.45) is 11.4. The number of rotatable bonds is 4. The molecule has 0 spiro atoms. The zero-order chi connectivity index (χ0) is 11.8. The van der Waals surface area contributed by atoms with Gasteiger partial charge in [-0.05, 0) is 57.9 Å². The molecule has 3 aliphatic rings. The van der Waals surface area contributed by atoms with Gasteiger partial charge in [-0.15, -0.1) is 0 Å². The first-order valence-corrected chi connectivity index (χ1v) is 7.76. The van der Waals surface area contributed by atoms with Crippen LogP contribution in [0.15, 0.2) is 0 Å². The van der Waals surface area contributed by atoms with Crippen LogP contribution < -0.4 is 5.32 Å². The summed E-state index contributed by atoms with van der Waals surface area (Å²) in [6.45, 7) is 2.35. The van der Waals surface area contributed by atoms with Crippen LogP contribution in [0.1, 0.15) is 58.3 Å². The fraction of sp³-hybridized carbons (Fsp3) is 1.00. The van der Waals surface area contributed by atoms with E-state index >= 15 is 0 Å². The lowest BCUT2D eigenvalue weighted by atomic mass is 9.82. The first kappa shape index (κ1) is 12.0. The van der Waals surface area contributed by atoms with Gasteiger partial charge in [0.15, 0.2) is 0 Å². The molecule has 0 aromatic carbocycles. The molecule has 2 nitrogen and oxygen atoms in total. The minimum Gasteiger partial charge on any atom is -0.311 e. The number of hydrogen-bond acceptors (Lipinski definition) is 2. The van der Waals surface area contributed by atoms with E-state index < -0.39 is 0 Å². The third-order valence-corrected chi connectivity index (χ3v) is 5.42. The molecule has 17 heavy (non-hydrogen) atoms. The van der Waals surface area contributed by atoms with Crippen LogP contribution in [0.3, 0.4) is 0 Å². The molecule has 0 aromatic rings. The van der Waals surface area contributed by atoms with E-state index in [1.54, 1.807) is 0 Å². The largest absolute Gasteiger partial charge is 0.311 e. The Labute approximate surface area is 106 Å². The molecule has 98 valence electrons. The zero-order valence-electron chi connectivity index (χ0n) is 11.5. The van der Waals surface area contributed by atoms with Gasteiger partial charge >= 0.3 is 0 Å². The summed E-state index contributed by atoms with van der Waals surface area (Å²) < 4.78 is 0. The van der Waals surface area contributed by atoms with Gasteiger partial charge in [0.1, 0.15) is 0 Å². The minimum absolute atomic E-state index is 0.812. The lowest BCUT2D eigenvalue weighted by Crippen LogP contribution is -2.56. The minimum atomic E-state index is 0.812. The molecule has 1 saturated carbocycles. The van der Waals surface area contributed by atoms with Crippen molar-refractivity contribution in [1.82, 2.24) is 10.2 Å². The highest BCUT2D eigenvalue weighted by atomic mass is 15.2. The van der Waals surface area contributed by atoms with Gasteiger partial charge in [-0.3, -0.25) is 0 Å². The smallest absolute Gasteiger partial charge is 0.0110 e. The van der Waals surface area contributed by atoms with Crippen LogP contribution in [0, 0.1) is 5.92 Å². The van der Waals surface area contributed by atoms with Crippen molar-refractivity contribution in [2.24, 2.45) is 5.92 Å².